The molecule has 600 valence electrons. The van der Waals surface area contributed by atoms with E-state index in [1.807, 2.05) is 20.8 Å². The number of halogens is 12. The Morgan fingerprint density at radius 3 is 0.842 bits per heavy atom. The molecule has 6 aliphatic rings. The molecule has 6 aromatic heterocycles. The maximum atomic E-state index is 13.4. The number of anilines is 6. The third kappa shape index (κ3) is 17.0. The summed E-state index contributed by atoms with van der Waals surface area (Å²) in [6, 6.07) is 18.2. The normalized spacial score (nSPS) is 17.9. The zero-order chi connectivity index (χ0) is 82.7. The van der Waals surface area contributed by atoms with Gasteiger partial charge >= 0.3 is 0 Å². The summed E-state index contributed by atoms with van der Waals surface area (Å²) in [6.45, 7) is 5.52. The van der Waals surface area contributed by atoms with Crippen molar-refractivity contribution in [1.29, 1.82) is 0 Å². The van der Waals surface area contributed by atoms with Gasteiger partial charge in [-0.1, -0.05) is 18.2 Å². The molecule has 15 rings (SSSR count). The number of aliphatic imine (C=N–C) groups is 3. The van der Waals surface area contributed by atoms with Gasteiger partial charge in [0, 0.05) is 131 Å². The summed E-state index contributed by atoms with van der Waals surface area (Å²) in [6.07, 6.45) is -4.21. The molecule has 3 aliphatic carbocycles. The summed E-state index contributed by atoms with van der Waals surface area (Å²) in [4.78, 5) is 61.5. The van der Waals surface area contributed by atoms with Crippen molar-refractivity contribution >= 4 is 115 Å². The monoisotopic (exact) mass is 1650 g/mol. The molecule has 3 aromatic carbocycles. The highest BCUT2D eigenvalue weighted by Gasteiger charge is 2.62. The molecule has 0 bridgehead atoms. The average molecular weight is 1650 g/mol. The van der Waals surface area contributed by atoms with Gasteiger partial charge in [-0.2, -0.15) is 15.3 Å². The molecule has 0 spiro atoms. The number of ketones is 3. The number of carbonyl (C=O) groups excluding carboxylic acids is 3. The van der Waals surface area contributed by atoms with Crippen LogP contribution in [0.3, 0.4) is 0 Å². The molecule has 0 saturated heterocycles. The Balaban J connectivity index is 0.000000149. The molecule has 9 heterocycles. The second-order valence-corrected chi connectivity index (χ2v) is 34.7. The summed E-state index contributed by atoms with van der Waals surface area (Å²) < 4.78 is 242. The molecule has 3 atom stereocenters. The smallest absolute Gasteiger partial charge is 0.277 e. The standard InChI is InChI=1S/3C25H23F4N5O3S/c3*1-12-15(11-30-34(12)2)13-4-5-17(22(6-13)38(3,36)37)32-18-7-14(8-21(35)16-10-25(16,28)29)31-19-9-20(24(26)27)33-23(18)19/h3*4-7,11,16,24H,8-10H2,1-3H3,(H,31,32)/t2*16-;/m10./s1. The Bertz CT molecular complexity index is 5410. The number of pyridine rings is 3. The number of rotatable bonds is 24. The van der Waals surface area contributed by atoms with Crippen LogP contribution < -0.4 is 16.0 Å². The lowest BCUT2D eigenvalue weighted by molar-refractivity contribution is -0.122. The van der Waals surface area contributed by atoms with E-state index in [-0.39, 0.29) is 119 Å². The van der Waals surface area contributed by atoms with Crippen molar-refractivity contribution in [1.82, 2.24) is 44.3 Å². The van der Waals surface area contributed by atoms with Gasteiger partial charge in [-0.25, -0.2) is 92.9 Å². The number of Topliss-reactive ketones (excluding diaryl/α,β-unsaturated/α-hetero) is 3. The lowest BCUT2D eigenvalue weighted by Crippen LogP contribution is -2.13. The number of sulfone groups is 3. The molecule has 1 unspecified atom stereocenters. The molecule has 0 amide bonds. The summed E-state index contributed by atoms with van der Waals surface area (Å²) in [5.74, 6) is -15.4. The lowest BCUT2D eigenvalue weighted by Gasteiger charge is -2.16. The molecule has 9 aromatic rings. The van der Waals surface area contributed by atoms with E-state index in [0.717, 1.165) is 52.5 Å². The topological polar surface area (TPSA) is 319 Å². The minimum atomic E-state index is -3.77. The maximum absolute atomic E-state index is 13.4. The van der Waals surface area contributed by atoms with Gasteiger partial charge in [-0.3, -0.25) is 43.4 Å². The summed E-state index contributed by atoms with van der Waals surface area (Å²) in [7, 11) is -6.03. The van der Waals surface area contributed by atoms with Crippen molar-refractivity contribution in [3.8, 4) is 33.4 Å². The molecule has 3 saturated carbocycles. The number of fused-ring (bicyclic) bond motifs is 3. The average Bonchev–Trinajstić information content (AvgIpc) is 1.56. The van der Waals surface area contributed by atoms with E-state index in [1.165, 1.54) is 54.6 Å². The first-order valence-electron chi connectivity index (χ1n) is 34.9. The molecular formula is C75H69F12N15O9S3. The first kappa shape index (κ1) is 81.2. The van der Waals surface area contributed by atoms with Crippen molar-refractivity contribution in [3.63, 3.8) is 0 Å². The number of aromatic nitrogens is 9. The summed E-state index contributed by atoms with van der Waals surface area (Å²) >= 11 is 0. The minimum absolute atomic E-state index is 0.0601. The summed E-state index contributed by atoms with van der Waals surface area (Å²) in [5.41, 5.74) is 7.10. The Hall–Kier alpha value is -10.8. The molecule has 0 radical (unpaired) electrons. The van der Waals surface area contributed by atoms with Gasteiger partial charge in [0.25, 0.3) is 37.0 Å². The Morgan fingerprint density at radius 1 is 0.412 bits per heavy atom. The van der Waals surface area contributed by atoms with Crippen molar-refractivity contribution in [2.45, 2.75) is 130 Å². The molecular weight excluding hydrogens is 1580 g/mol. The van der Waals surface area contributed by atoms with E-state index in [9.17, 15) is 92.3 Å². The number of benzene rings is 3. The predicted octanol–water partition coefficient (Wildman–Crippen LogP) is 13.8. The Labute approximate surface area is 643 Å². The van der Waals surface area contributed by atoms with Gasteiger partial charge in [0.1, 0.15) is 34.4 Å². The molecule has 3 fully saturated rings. The van der Waals surface area contributed by atoms with Crippen molar-refractivity contribution in [2.24, 2.45) is 53.9 Å². The van der Waals surface area contributed by atoms with Gasteiger partial charge in [-0.15, -0.1) is 0 Å². The van der Waals surface area contributed by atoms with Crippen LogP contribution in [0.1, 0.15) is 70.5 Å². The highest BCUT2D eigenvalue weighted by atomic mass is 32.2. The second kappa shape index (κ2) is 29.9. The number of alkyl halides is 12. The van der Waals surface area contributed by atoms with Crippen molar-refractivity contribution < 1.29 is 92.3 Å². The minimum Gasteiger partial charge on any atom is -0.353 e. The number of nitrogens with one attached hydrogen (secondary N) is 3. The molecule has 24 nitrogen and oxygen atoms in total. The van der Waals surface area contributed by atoms with Crippen LogP contribution in [0.2, 0.25) is 0 Å². The maximum Gasteiger partial charge on any atom is 0.277 e. The second-order valence-electron chi connectivity index (χ2n) is 28.7. The van der Waals surface area contributed by atoms with E-state index in [4.69, 9.17) is 0 Å². The van der Waals surface area contributed by atoms with Crippen LogP contribution in [-0.2, 0) is 104 Å². The van der Waals surface area contributed by atoms with Gasteiger partial charge in [0.15, 0.2) is 29.5 Å². The fraction of sp³-hybridized carbons (Fsp3) is 0.360. The number of hydrogen-bond donors (Lipinski definition) is 3. The Kier molecular flexibility index (Phi) is 21.3. The van der Waals surface area contributed by atoms with Gasteiger partial charge in [0.05, 0.1) is 136 Å². The van der Waals surface area contributed by atoms with Crippen molar-refractivity contribution in [2.75, 3.05) is 34.7 Å². The van der Waals surface area contributed by atoms with Crippen LogP contribution >= 0.6 is 0 Å². The molecule has 3 N–H and O–H groups in total. The third-order valence-corrected chi connectivity index (χ3v) is 23.6. The van der Waals surface area contributed by atoms with E-state index >= 15 is 0 Å². The molecule has 39 heteroatoms. The molecule has 114 heavy (non-hydrogen) atoms. The van der Waals surface area contributed by atoms with E-state index in [0.29, 0.717) is 16.7 Å². The van der Waals surface area contributed by atoms with Crippen LogP contribution in [0.4, 0.5) is 104 Å². The van der Waals surface area contributed by atoms with Crippen molar-refractivity contribution in [3.05, 3.63) is 143 Å². The van der Waals surface area contributed by atoms with Crippen LogP contribution in [0.5, 0.6) is 0 Å². The quantitative estimate of drug-likeness (QED) is 0.0473. The predicted molar refractivity (Wildman–Crippen MR) is 398 cm³/mol. The fourth-order valence-electron chi connectivity index (χ4n) is 13.4. The van der Waals surface area contributed by atoms with Gasteiger partial charge < -0.3 is 16.0 Å². The van der Waals surface area contributed by atoms with Crippen LogP contribution in [0.15, 0.2) is 121 Å². The van der Waals surface area contributed by atoms with E-state index in [1.54, 1.807) is 72.0 Å². The van der Waals surface area contributed by atoms with Gasteiger partial charge in [-0.05, 0) is 92.1 Å². The van der Waals surface area contributed by atoms with E-state index < -0.39 is 157 Å². The van der Waals surface area contributed by atoms with Gasteiger partial charge in [0.2, 0.25) is 0 Å². The molecule has 3 aliphatic heterocycles. The zero-order valence-corrected chi connectivity index (χ0v) is 64.2. The SMILES string of the molecule is Cc1c(-c2ccc(Nc3cc(CC(=O)C4CC4(F)F)nc4c3N=C(C(F)F)C4)c(S(C)(=O)=O)c2)cnn1C.Cc1c(-c2ccc(Nc3cc(CC(=O)[C@@H]4CC4(F)F)nc4c3N=C(C(F)F)C4)c(S(C)(=O)=O)c2)cnn1C.Cc1c(-c2ccc(Nc3cc(CC(=O)[C@H]4CC4(F)F)nc4c3N=C(C(F)F)C4)c(S(C)(=O)=O)c2)cnn1C. The largest absolute Gasteiger partial charge is 0.353 e. The van der Waals surface area contributed by atoms with Crippen LogP contribution in [0.25, 0.3) is 33.4 Å². The highest BCUT2D eigenvalue weighted by molar-refractivity contribution is 7.91. The lowest BCUT2D eigenvalue weighted by atomic mass is 10.1. The van der Waals surface area contributed by atoms with E-state index in [2.05, 4.69) is 61.2 Å². The first-order valence-corrected chi connectivity index (χ1v) is 40.6. The summed E-state index contributed by atoms with van der Waals surface area (Å²) in [5, 5.41) is 21.4. The third-order valence-electron chi connectivity index (χ3n) is 20.2. The first-order chi connectivity index (χ1) is 53.2. The number of nitrogens with zero attached hydrogens (tertiary/aromatic N) is 12. The zero-order valence-electron chi connectivity index (χ0n) is 61.8. The van der Waals surface area contributed by atoms with Crippen LogP contribution in [-0.4, -0.2) is 160 Å². The van der Waals surface area contributed by atoms with Crippen LogP contribution in [0, 0.1) is 38.5 Å². The number of aryl methyl sites for hydroxylation is 3. The highest BCUT2D eigenvalue weighted by Crippen LogP contribution is 2.53. The number of hydrogen-bond acceptors (Lipinski definition) is 21. The number of carbonyl (C=O) groups is 3. The fourth-order valence-corrected chi connectivity index (χ4v) is 15.9. The Morgan fingerprint density at radius 2 is 0.649 bits per heavy atom.